The minimum Gasteiger partial charge on any atom is -0.443 e. The van der Waals surface area contributed by atoms with Gasteiger partial charge in [0.2, 0.25) is 0 Å². The molecule has 1 aliphatic carbocycles. The second kappa shape index (κ2) is 7.05. The standard InChI is InChI=1S/C21H22N4O2S/c26-21-25(19-17-6-2-1-4-14(17)12-18(19)27-21)16-7-10-24(11-8-16)20(28)23-15-5-3-9-22-13-15/h1-6,9,13,16,18-19H,7-8,10-12H2,(H,23,28). The Morgan fingerprint density at radius 2 is 2.00 bits per heavy atom. The van der Waals surface area contributed by atoms with Gasteiger partial charge in [-0.3, -0.25) is 9.88 Å². The van der Waals surface area contributed by atoms with Crippen LogP contribution in [0.5, 0.6) is 0 Å². The lowest BCUT2D eigenvalue weighted by Gasteiger charge is -2.38. The molecule has 144 valence electrons. The number of piperidine rings is 1. The maximum Gasteiger partial charge on any atom is 0.411 e. The van der Waals surface area contributed by atoms with Crippen LogP contribution in [0.4, 0.5) is 10.5 Å². The summed E-state index contributed by atoms with van der Waals surface area (Å²) in [5, 5.41) is 3.95. The van der Waals surface area contributed by atoms with Crippen molar-refractivity contribution in [1.29, 1.82) is 0 Å². The Kier molecular flexibility index (Phi) is 4.39. The third-order valence-electron chi connectivity index (χ3n) is 5.97. The first kappa shape index (κ1) is 17.4. The number of rotatable bonds is 2. The Bertz CT molecular complexity index is 898. The van der Waals surface area contributed by atoms with Crippen LogP contribution in [0.25, 0.3) is 0 Å². The molecule has 2 saturated heterocycles. The third-order valence-corrected chi connectivity index (χ3v) is 6.33. The highest BCUT2D eigenvalue weighted by Gasteiger charge is 2.50. The largest absolute Gasteiger partial charge is 0.443 e. The molecule has 0 saturated carbocycles. The SMILES string of the molecule is O=C1OC2Cc3ccccc3C2N1C1CCN(C(=S)Nc2cccnc2)CC1. The van der Waals surface area contributed by atoms with E-state index in [1.54, 1.807) is 12.4 Å². The average molecular weight is 395 g/mol. The molecule has 6 nitrogen and oxygen atoms in total. The number of thiocarbonyl (C=S) groups is 1. The van der Waals surface area contributed by atoms with Crippen molar-refractivity contribution in [1.82, 2.24) is 14.8 Å². The highest BCUT2D eigenvalue weighted by atomic mass is 32.1. The summed E-state index contributed by atoms with van der Waals surface area (Å²) < 4.78 is 5.72. The Labute approximate surface area is 169 Å². The summed E-state index contributed by atoms with van der Waals surface area (Å²) >= 11 is 5.56. The molecule has 0 spiro atoms. The molecule has 1 N–H and O–H groups in total. The highest BCUT2D eigenvalue weighted by Crippen LogP contribution is 2.44. The molecular formula is C21H22N4O2S. The monoisotopic (exact) mass is 394 g/mol. The molecular weight excluding hydrogens is 372 g/mol. The molecule has 0 bridgehead atoms. The van der Waals surface area contributed by atoms with Gasteiger partial charge in [-0.2, -0.15) is 0 Å². The van der Waals surface area contributed by atoms with E-state index in [9.17, 15) is 4.79 Å². The number of ether oxygens (including phenoxy) is 1. The van der Waals surface area contributed by atoms with Crippen molar-refractivity contribution < 1.29 is 9.53 Å². The van der Waals surface area contributed by atoms with Crippen molar-refractivity contribution in [3.63, 3.8) is 0 Å². The zero-order valence-electron chi connectivity index (χ0n) is 15.5. The summed E-state index contributed by atoms with van der Waals surface area (Å²) in [7, 11) is 0. The van der Waals surface area contributed by atoms with E-state index in [0.717, 1.165) is 38.0 Å². The van der Waals surface area contributed by atoms with Crippen molar-refractivity contribution >= 4 is 29.1 Å². The number of hydrogen-bond acceptors (Lipinski definition) is 4. The number of carbonyl (C=O) groups excluding carboxylic acids is 1. The van der Waals surface area contributed by atoms with Crippen LogP contribution in [0.1, 0.15) is 30.0 Å². The number of fused-ring (bicyclic) bond motifs is 3. The molecule has 7 heteroatoms. The normalized spacial score (nSPS) is 23.9. The van der Waals surface area contributed by atoms with Gasteiger partial charge in [-0.05, 0) is 48.3 Å². The Hall–Kier alpha value is -2.67. The average Bonchev–Trinajstić information content (AvgIpc) is 3.23. The zero-order chi connectivity index (χ0) is 19.1. The molecule has 1 aromatic heterocycles. The van der Waals surface area contributed by atoms with E-state index in [1.807, 2.05) is 23.1 Å². The minimum atomic E-state index is -0.168. The van der Waals surface area contributed by atoms with E-state index in [2.05, 4.69) is 33.4 Å². The van der Waals surface area contributed by atoms with E-state index in [4.69, 9.17) is 17.0 Å². The number of anilines is 1. The lowest BCUT2D eigenvalue weighted by molar-refractivity contribution is 0.118. The van der Waals surface area contributed by atoms with Crippen LogP contribution in [0.2, 0.25) is 0 Å². The van der Waals surface area contributed by atoms with Crippen LogP contribution >= 0.6 is 12.2 Å². The first-order valence-electron chi connectivity index (χ1n) is 9.73. The van der Waals surface area contributed by atoms with Gasteiger partial charge >= 0.3 is 6.09 Å². The van der Waals surface area contributed by atoms with Crippen molar-refractivity contribution in [2.24, 2.45) is 0 Å². The Morgan fingerprint density at radius 3 is 2.79 bits per heavy atom. The Morgan fingerprint density at radius 1 is 1.18 bits per heavy atom. The minimum absolute atomic E-state index is 0.0451. The van der Waals surface area contributed by atoms with E-state index < -0.39 is 0 Å². The maximum absolute atomic E-state index is 12.6. The first-order chi connectivity index (χ1) is 13.7. The van der Waals surface area contributed by atoms with Gasteiger partial charge in [0, 0.05) is 31.7 Å². The molecule has 2 fully saturated rings. The molecule has 0 radical (unpaired) electrons. The topological polar surface area (TPSA) is 57.7 Å². The van der Waals surface area contributed by atoms with E-state index in [1.165, 1.54) is 11.1 Å². The fourth-order valence-corrected chi connectivity index (χ4v) is 4.94. The molecule has 2 atom stereocenters. The van der Waals surface area contributed by atoms with Crippen molar-refractivity contribution in [2.75, 3.05) is 18.4 Å². The summed E-state index contributed by atoms with van der Waals surface area (Å²) in [5.74, 6) is 0. The van der Waals surface area contributed by atoms with Crippen molar-refractivity contribution in [3.8, 4) is 0 Å². The molecule has 3 aliphatic rings. The number of nitrogens with zero attached hydrogens (tertiary/aromatic N) is 3. The van der Waals surface area contributed by atoms with Crippen molar-refractivity contribution in [2.45, 2.75) is 37.5 Å². The predicted octanol–water partition coefficient (Wildman–Crippen LogP) is 3.36. The van der Waals surface area contributed by atoms with Crippen molar-refractivity contribution in [3.05, 3.63) is 59.9 Å². The smallest absolute Gasteiger partial charge is 0.411 e. The number of pyridine rings is 1. The van der Waals surface area contributed by atoms with Gasteiger partial charge in [0.05, 0.1) is 17.9 Å². The maximum atomic E-state index is 12.6. The fourth-order valence-electron chi connectivity index (χ4n) is 4.64. The molecule has 3 heterocycles. The van der Waals surface area contributed by atoms with Gasteiger partial charge in [0.15, 0.2) is 5.11 Å². The summed E-state index contributed by atoms with van der Waals surface area (Å²) in [6.07, 6.45) is 5.88. The van der Waals surface area contributed by atoms with Gasteiger partial charge in [0.25, 0.3) is 0 Å². The van der Waals surface area contributed by atoms with Gasteiger partial charge < -0.3 is 15.0 Å². The van der Waals surface area contributed by atoms with E-state index in [-0.39, 0.29) is 24.3 Å². The molecule has 5 rings (SSSR count). The van der Waals surface area contributed by atoms with E-state index >= 15 is 0 Å². The molecule has 28 heavy (non-hydrogen) atoms. The number of aromatic nitrogens is 1. The second-order valence-corrected chi connectivity index (χ2v) is 7.95. The predicted molar refractivity (Wildman–Crippen MR) is 110 cm³/mol. The number of amides is 1. The van der Waals surface area contributed by atoms with E-state index in [0.29, 0.717) is 5.11 Å². The number of hydrogen-bond donors (Lipinski definition) is 1. The molecule has 2 aliphatic heterocycles. The van der Waals surface area contributed by atoms with Crippen LogP contribution in [0, 0.1) is 0 Å². The number of likely N-dealkylation sites (tertiary alicyclic amines) is 1. The summed E-state index contributed by atoms with van der Waals surface area (Å²) in [4.78, 5) is 20.9. The summed E-state index contributed by atoms with van der Waals surface area (Å²) in [6.45, 7) is 1.64. The van der Waals surface area contributed by atoms with Crippen LogP contribution in [0.15, 0.2) is 48.8 Å². The first-order valence-corrected chi connectivity index (χ1v) is 10.1. The van der Waals surface area contributed by atoms with Crippen LogP contribution in [-0.4, -0.2) is 51.2 Å². The van der Waals surface area contributed by atoms with Gasteiger partial charge in [-0.15, -0.1) is 0 Å². The molecule has 2 aromatic rings. The number of carbonyl (C=O) groups is 1. The van der Waals surface area contributed by atoms with Gasteiger partial charge in [-0.1, -0.05) is 24.3 Å². The van der Waals surface area contributed by atoms with Crippen LogP contribution in [0.3, 0.4) is 0 Å². The molecule has 1 aromatic carbocycles. The Balaban J connectivity index is 1.25. The quantitative estimate of drug-likeness (QED) is 0.789. The number of nitrogens with one attached hydrogen (secondary N) is 1. The van der Waals surface area contributed by atoms with Crippen LogP contribution < -0.4 is 5.32 Å². The lowest BCUT2D eigenvalue weighted by atomic mass is 9.99. The summed E-state index contributed by atoms with van der Waals surface area (Å²) in [6, 6.07) is 12.5. The zero-order valence-corrected chi connectivity index (χ0v) is 16.3. The van der Waals surface area contributed by atoms with Gasteiger partial charge in [0.1, 0.15) is 6.10 Å². The highest BCUT2D eigenvalue weighted by molar-refractivity contribution is 7.80. The fraction of sp³-hybridized carbons (Fsp3) is 0.381. The second-order valence-electron chi connectivity index (χ2n) is 7.57. The van der Waals surface area contributed by atoms with Crippen LogP contribution in [-0.2, 0) is 11.2 Å². The molecule has 1 amide bonds. The third kappa shape index (κ3) is 2.99. The summed E-state index contributed by atoms with van der Waals surface area (Å²) in [5.41, 5.74) is 3.44. The lowest BCUT2D eigenvalue weighted by Crippen LogP contribution is -2.48. The molecule has 2 unspecified atom stereocenters. The number of benzene rings is 1. The van der Waals surface area contributed by atoms with Gasteiger partial charge in [-0.25, -0.2) is 4.79 Å².